The molecular formula is C13H17ClN2. The van der Waals surface area contributed by atoms with Gasteiger partial charge in [-0.05, 0) is 37.1 Å². The lowest BCUT2D eigenvalue weighted by Crippen LogP contribution is -2.40. The summed E-state index contributed by atoms with van der Waals surface area (Å²) in [7, 11) is 2.16. The Labute approximate surface area is 102 Å². The molecule has 1 N–H and O–H groups in total. The summed E-state index contributed by atoms with van der Waals surface area (Å²) in [6.45, 7) is 3.40. The van der Waals surface area contributed by atoms with E-state index < -0.39 is 0 Å². The van der Waals surface area contributed by atoms with Gasteiger partial charge in [-0.1, -0.05) is 17.7 Å². The van der Waals surface area contributed by atoms with Crippen LogP contribution in [0, 0.1) is 0 Å². The summed E-state index contributed by atoms with van der Waals surface area (Å²) in [5, 5.41) is 4.34. The molecule has 2 nitrogen and oxygen atoms in total. The molecule has 1 saturated heterocycles. The summed E-state index contributed by atoms with van der Waals surface area (Å²) in [5.41, 5.74) is 3.17. The van der Waals surface area contributed by atoms with Crippen LogP contribution in [0.25, 0.3) is 0 Å². The number of benzene rings is 1. The lowest BCUT2D eigenvalue weighted by atomic mass is 9.74. The Morgan fingerprint density at radius 2 is 2.25 bits per heavy atom. The second-order valence-electron chi connectivity index (χ2n) is 5.04. The highest BCUT2D eigenvalue weighted by atomic mass is 35.5. The Morgan fingerprint density at radius 1 is 1.38 bits per heavy atom. The molecule has 86 valence electrons. The summed E-state index contributed by atoms with van der Waals surface area (Å²) in [6, 6.07) is 6.36. The molecule has 3 heteroatoms. The normalized spacial score (nSPS) is 28.5. The summed E-state index contributed by atoms with van der Waals surface area (Å²) < 4.78 is 0. The molecule has 0 radical (unpaired) electrons. The van der Waals surface area contributed by atoms with E-state index in [2.05, 4.69) is 29.4 Å². The predicted octanol–water partition coefficient (Wildman–Crippen LogP) is 2.41. The summed E-state index contributed by atoms with van der Waals surface area (Å²) >= 11 is 6.09. The van der Waals surface area contributed by atoms with Crippen LogP contribution in [0.2, 0.25) is 5.02 Å². The highest BCUT2D eigenvalue weighted by molar-refractivity contribution is 6.30. The zero-order valence-electron chi connectivity index (χ0n) is 9.59. The molecule has 1 aromatic rings. The van der Waals surface area contributed by atoms with Gasteiger partial charge in [0.25, 0.3) is 0 Å². The van der Waals surface area contributed by atoms with Crippen molar-refractivity contribution in [2.75, 3.05) is 31.6 Å². The third-order valence-corrected chi connectivity index (χ3v) is 4.35. The third-order valence-electron chi connectivity index (χ3n) is 4.11. The van der Waals surface area contributed by atoms with Gasteiger partial charge in [0.15, 0.2) is 0 Å². The molecule has 1 aromatic carbocycles. The van der Waals surface area contributed by atoms with E-state index in [1.54, 1.807) is 0 Å². The SMILES string of the molecule is CN1CCC2(CCNC2)c2ccc(Cl)cc21. The van der Waals surface area contributed by atoms with E-state index in [1.165, 1.54) is 24.1 Å². The van der Waals surface area contributed by atoms with Gasteiger partial charge in [0, 0.05) is 36.3 Å². The van der Waals surface area contributed by atoms with E-state index in [1.807, 2.05) is 6.07 Å². The Hall–Kier alpha value is -0.730. The first-order chi connectivity index (χ1) is 7.71. The molecule has 3 rings (SSSR count). The number of nitrogens with one attached hydrogen (secondary N) is 1. The highest BCUT2D eigenvalue weighted by Crippen LogP contribution is 2.43. The second-order valence-corrected chi connectivity index (χ2v) is 5.48. The second kappa shape index (κ2) is 3.64. The van der Waals surface area contributed by atoms with Crippen molar-refractivity contribution in [2.24, 2.45) is 0 Å². The van der Waals surface area contributed by atoms with Gasteiger partial charge in [-0.3, -0.25) is 0 Å². The maximum Gasteiger partial charge on any atom is 0.0426 e. The maximum atomic E-state index is 6.09. The molecule has 2 heterocycles. The first kappa shape index (κ1) is 10.4. The van der Waals surface area contributed by atoms with E-state index >= 15 is 0 Å². The minimum absolute atomic E-state index is 0.367. The van der Waals surface area contributed by atoms with Crippen molar-refractivity contribution in [3.05, 3.63) is 28.8 Å². The number of halogens is 1. The van der Waals surface area contributed by atoms with Crippen LogP contribution < -0.4 is 10.2 Å². The fourth-order valence-corrected chi connectivity index (χ4v) is 3.26. The third kappa shape index (κ3) is 1.44. The predicted molar refractivity (Wildman–Crippen MR) is 68.5 cm³/mol. The summed E-state index contributed by atoms with van der Waals surface area (Å²) in [5.74, 6) is 0. The maximum absolute atomic E-state index is 6.09. The Bertz CT molecular complexity index is 410. The molecule has 16 heavy (non-hydrogen) atoms. The van der Waals surface area contributed by atoms with E-state index in [4.69, 9.17) is 11.6 Å². The molecule has 0 amide bonds. The van der Waals surface area contributed by atoms with Crippen LogP contribution in [0.15, 0.2) is 18.2 Å². The number of hydrogen-bond donors (Lipinski definition) is 1. The lowest BCUT2D eigenvalue weighted by molar-refractivity contribution is 0.419. The van der Waals surface area contributed by atoms with Gasteiger partial charge in [0.1, 0.15) is 0 Å². The van der Waals surface area contributed by atoms with E-state index in [-0.39, 0.29) is 0 Å². The molecule has 2 aliphatic heterocycles. The topological polar surface area (TPSA) is 15.3 Å². The van der Waals surface area contributed by atoms with Crippen molar-refractivity contribution in [1.29, 1.82) is 0 Å². The fraction of sp³-hybridized carbons (Fsp3) is 0.538. The summed E-state index contributed by atoms with van der Waals surface area (Å²) in [4.78, 5) is 2.32. The average Bonchev–Trinajstić information content (AvgIpc) is 2.74. The van der Waals surface area contributed by atoms with Crippen molar-refractivity contribution in [3.8, 4) is 0 Å². The van der Waals surface area contributed by atoms with Crippen LogP contribution in [-0.4, -0.2) is 26.7 Å². The molecule has 0 aromatic heterocycles. The molecule has 2 aliphatic rings. The molecule has 0 bridgehead atoms. The number of fused-ring (bicyclic) bond motifs is 2. The van der Waals surface area contributed by atoms with Gasteiger partial charge in [-0.25, -0.2) is 0 Å². The average molecular weight is 237 g/mol. The highest BCUT2D eigenvalue weighted by Gasteiger charge is 2.40. The van der Waals surface area contributed by atoms with Crippen LogP contribution >= 0.6 is 11.6 Å². The molecule has 1 unspecified atom stereocenters. The number of anilines is 1. The largest absolute Gasteiger partial charge is 0.374 e. The minimum Gasteiger partial charge on any atom is -0.374 e. The minimum atomic E-state index is 0.367. The van der Waals surface area contributed by atoms with E-state index in [0.29, 0.717) is 5.41 Å². The molecule has 1 atom stereocenters. The Kier molecular flexibility index (Phi) is 2.37. The van der Waals surface area contributed by atoms with Gasteiger partial charge >= 0.3 is 0 Å². The van der Waals surface area contributed by atoms with Crippen LogP contribution in [0.4, 0.5) is 5.69 Å². The molecule has 0 aliphatic carbocycles. The molecule has 1 fully saturated rings. The first-order valence-corrected chi connectivity index (χ1v) is 6.31. The van der Waals surface area contributed by atoms with Crippen molar-refractivity contribution in [3.63, 3.8) is 0 Å². The van der Waals surface area contributed by atoms with Crippen LogP contribution in [0.3, 0.4) is 0 Å². The monoisotopic (exact) mass is 236 g/mol. The standard InChI is InChI=1S/C13H17ClN2/c1-16-7-5-13(4-6-15-9-13)11-3-2-10(14)8-12(11)16/h2-3,8,15H,4-7,9H2,1H3. The Morgan fingerprint density at radius 3 is 3.00 bits per heavy atom. The van der Waals surface area contributed by atoms with Gasteiger partial charge in [0.05, 0.1) is 0 Å². The molecular weight excluding hydrogens is 220 g/mol. The van der Waals surface area contributed by atoms with Gasteiger partial charge < -0.3 is 10.2 Å². The van der Waals surface area contributed by atoms with Crippen LogP contribution in [-0.2, 0) is 5.41 Å². The van der Waals surface area contributed by atoms with E-state index in [0.717, 1.165) is 24.7 Å². The van der Waals surface area contributed by atoms with E-state index in [9.17, 15) is 0 Å². The number of rotatable bonds is 0. The summed E-state index contributed by atoms with van der Waals surface area (Å²) in [6.07, 6.45) is 2.51. The number of nitrogens with zero attached hydrogens (tertiary/aromatic N) is 1. The molecule has 1 spiro atoms. The van der Waals surface area contributed by atoms with Gasteiger partial charge in [-0.2, -0.15) is 0 Å². The smallest absolute Gasteiger partial charge is 0.0426 e. The van der Waals surface area contributed by atoms with Crippen molar-refractivity contribution in [2.45, 2.75) is 18.3 Å². The fourth-order valence-electron chi connectivity index (χ4n) is 3.09. The lowest BCUT2D eigenvalue weighted by Gasteiger charge is -2.40. The Balaban J connectivity index is 2.13. The van der Waals surface area contributed by atoms with Gasteiger partial charge in [0.2, 0.25) is 0 Å². The zero-order valence-corrected chi connectivity index (χ0v) is 10.3. The number of hydrogen-bond acceptors (Lipinski definition) is 2. The zero-order chi connectivity index (χ0) is 11.2. The van der Waals surface area contributed by atoms with Crippen LogP contribution in [0.5, 0.6) is 0 Å². The van der Waals surface area contributed by atoms with Crippen molar-refractivity contribution >= 4 is 17.3 Å². The molecule has 0 saturated carbocycles. The van der Waals surface area contributed by atoms with Crippen molar-refractivity contribution in [1.82, 2.24) is 5.32 Å². The first-order valence-electron chi connectivity index (χ1n) is 5.93. The van der Waals surface area contributed by atoms with Crippen molar-refractivity contribution < 1.29 is 0 Å². The quantitative estimate of drug-likeness (QED) is 0.744. The van der Waals surface area contributed by atoms with Crippen LogP contribution in [0.1, 0.15) is 18.4 Å². The van der Waals surface area contributed by atoms with Gasteiger partial charge in [-0.15, -0.1) is 0 Å².